The average Bonchev–Trinajstić information content (AvgIpc) is 3.56. The number of carbonyl (C=O) groups is 1. The number of fused-ring (bicyclic) bond motifs is 1. The summed E-state index contributed by atoms with van der Waals surface area (Å²) in [6, 6.07) is 5.18. The van der Waals surface area contributed by atoms with Crippen LogP contribution in [-0.4, -0.2) is 139 Å². The van der Waals surface area contributed by atoms with Gasteiger partial charge in [-0.2, -0.15) is 0 Å². The number of unbranched alkanes of at least 4 members (excludes halogenated alkanes) is 9. The van der Waals surface area contributed by atoms with Crippen molar-refractivity contribution in [3.63, 3.8) is 0 Å². The van der Waals surface area contributed by atoms with Crippen LogP contribution in [0.2, 0.25) is 0 Å². The average molecular weight is 755 g/mol. The minimum atomic E-state index is -1.68. The first kappa shape index (κ1) is 43.3. The standard InChI is InChI=1S/C38H62N2O13/c1-2-24(42)13-11-9-7-5-3-4-6-8-10-12-14-30(43)39-18-17-23-20-40-27-16-15-25(19-26(23)27)51-38-36(49)34(47)32(45)29(53-38)22-50-37-35(48)33(46)31(44)28(21-41)52-37/h15-16,19-20,24,28-29,31-38,40-42,44-49H,2-14,17-18,21-22H2,1H3,(H,39,43)/t24?,28?,29?,31-,32-,33+,34+,35?,36?,37+,38+/m1/s1. The van der Waals surface area contributed by atoms with E-state index in [1.54, 1.807) is 18.2 Å². The van der Waals surface area contributed by atoms with E-state index in [2.05, 4.69) is 10.3 Å². The Balaban J connectivity index is 1.16. The van der Waals surface area contributed by atoms with E-state index < -0.39 is 74.6 Å². The van der Waals surface area contributed by atoms with E-state index in [-0.39, 0.29) is 12.0 Å². The number of aliphatic hydroxyl groups excluding tert-OH is 8. The van der Waals surface area contributed by atoms with Crippen molar-refractivity contribution in [2.45, 2.75) is 164 Å². The zero-order valence-corrected chi connectivity index (χ0v) is 30.8. The minimum Gasteiger partial charge on any atom is -0.462 e. The fourth-order valence-electron chi connectivity index (χ4n) is 6.83. The van der Waals surface area contributed by atoms with Gasteiger partial charge in [-0.1, -0.05) is 64.7 Å². The Hall–Kier alpha value is -2.41. The molecule has 15 heteroatoms. The molecule has 0 radical (unpaired) electrons. The Kier molecular flexibility index (Phi) is 18.2. The van der Waals surface area contributed by atoms with E-state index in [9.17, 15) is 45.6 Å². The Morgan fingerprint density at radius 3 is 2.08 bits per heavy atom. The molecule has 15 nitrogen and oxygen atoms in total. The quantitative estimate of drug-likeness (QED) is 0.0720. The van der Waals surface area contributed by atoms with Crippen molar-refractivity contribution in [3.8, 4) is 5.75 Å². The smallest absolute Gasteiger partial charge is 0.229 e. The number of benzene rings is 1. The number of aromatic nitrogens is 1. The van der Waals surface area contributed by atoms with Gasteiger partial charge in [0.05, 0.1) is 19.3 Å². The first-order valence-electron chi connectivity index (χ1n) is 19.4. The summed E-state index contributed by atoms with van der Waals surface area (Å²) < 4.78 is 22.5. The third kappa shape index (κ3) is 12.8. The number of nitrogens with one attached hydrogen (secondary N) is 2. The molecule has 5 unspecified atom stereocenters. The molecular formula is C38H62N2O13. The van der Waals surface area contributed by atoms with Crippen LogP contribution < -0.4 is 10.1 Å². The summed E-state index contributed by atoms with van der Waals surface area (Å²) in [5.41, 5.74) is 1.77. The van der Waals surface area contributed by atoms with E-state index in [1.807, 2.05) is 13.1 Å². The molecule has 53 heavy (non-hydrogen) atoms. The molecule has 3 heterocycles. The first-order chi connectivity index (χ1) is 25.5. The molecule has 1 aromatic heterocycles. The van der Waals surface area contributed by atoms with Gasteiger partial charge in [0.15, 0.2) is 6.29 Å². The number of H-pyrrole nitrogens is 1. The summed E-state index contributed by atoms with van der Waals surface area (Å²) in [6.07, 6.45) is 0.845. The molecule has 2 aliphatic heterocycles. The highest BCUT2D eigenvalue weighted by atomic mass is 16.7. The molecule has 1 amide bonds. The summed E-state index contributed by atoms with van der Waals surface area (Å²) >= 11 is 0. The molecule has 4 rings (SSSR count). The second-order valence-electron chi connectivity index (χ2n) is 14.4. The maximum atomic E-state index is 12.5. The van der Waals surface area contributed by atoms with Crippen LogP contribution in [0.4, 0.5) is 0 Å². The minimum absolute atomic E-state index is 0.0244. The van der Waals surface area contributed by atoms with Gasteiger partial charge in [0.25, 0.3) is 0 Å². The normalized spacial score (nSPS) is 29.7. The summed E-state index contributed by atoms with van der Waals surface area (Å²) in [6.45, 7) is 1.36. The molecule has 2 fully saturated rings. The van der Waals surface area contributed by atoms with Crippen molar-refractivity contribution in [3.05, 3.63) is 30.0 Å². The number of amides is 1. The number of carbonyl (C=O) groups excluding carboxylic acids is 1. The summed E-state index contributed by atoms with van der Waals surface area (Å²) in [5.74, 6) is 0.336. The van der Waals surface area contributed by atoms with Crippen LogP contribution in [0.5, 0.6) is 5.75 Å². The Morgan fingerprint density at radius 1 is 0.811 bits per heavy atom. The zero-order chi connectivity index (χ0) is 38.3. The van der Waals surface area contributed by atoms with Gasteiger partial charge in [0.1, 0.15) is 54.6 Å². The summed E-state index contributed by atoms with van der Waals surface area (Å²) in [5, 5.41) is 84.9. The number of hydrogen-bond donors (Lipinski definition) is 10. The van der Waals surface area contributed by atoms with Crippen LogP contribution in [0, 0.1) is 0 Å². The van der Waals surface area contributed by atoms with E-state index >= 15 is 0 Å². The Morgan fingerprint density at radius 2 is 1.42 bits per heavy atom. The van der Waals surface area contributed by atoms with Gasteiger partial charge in [-0.25, -0.2) is 0 Å². The maximum absolute atomic E-state index is 12.5. The van der Waals surface area contributed by atoms with Crippen molar-refractivity contribution < 1.29 is 64.6 Å². The van der Waals surface area contributed by atoms with Gasteiger partial charge in [0.2, 0.25) is 12.2 Å². The zero-order valence-electron chi connectivity index (χ0n) is 30.8. The van der Waals surface area contributed by atoms with Gasteiger partial charge in [-0.05, 0) is 49.4 Å². The van der Waals surface area contributed by atoms with E-state index in [0.29, 0.717) is 25.1 Å². The summed E-state index contributed by atoms with van der Waals surface area (Å²) in [7, 11) is 0. The number of aromatic amines is 1. The van der Waals surface area contributed by atoms with E-state index in [4.69, 9.17) is 18.9 Å². The van der Waals surface area contributed by atoms with Gasteiger partial charge >= 0.3 is 0 Å². The Labute approximate surface area is 311 Å². The van der Waals surface area contributed by atoms with Crippen LogP contribution in [0.3, 0.4) is 0 Å². The fraction of sp³-hybridized carbons (Fsp3) is 0.763. The third-order valence-electron chi connectivity index (χ3n) is 10.3. The highest BCUT2D eigenvalue weighted by molar-refractivity contribution is 5.84. The van der Waals surface area contributed by atoms with Gasteiger partial charge in [-0.3, -0.25) is 4.79 Å². The highest BCUT2D eigenvalue weighted by Gasteiger charge is 2.48. The van der Waals surface area contributed by atoms with Crippen molar-refractivity contribution in [1.29, 1.82) is 0 Å². The highest BCUT2D eigenvalue weighted by Crippen LogP contribution is 2.29. The van der Waals surface area contributed by atoms with Crippen LogP contribution >= 0.6 is 0 Å². The lowest BCUT2D eigenvalue weighted by atomic mass is 9.98. The first-order valence-corrected chi connectivity index (χ1v) is 19.4. The fourth-order valence-corrected chi connectivity index (χ4v) is 6.83. The molecule has 0 spiro atoms. The van der Waals surface area contributed by atoms with Crippen LogP contribution in [0.15, 0.2) is 24.4 Å². The van der Waals surface area contributed by atoms with Crippen LogP contribution in [0.1, 0.15) is 96.0 Å². The lowest BCUT2D eigenvalue weighted by molar-refractivity contribution is -0.323. The molecule has 2 aliphatic rings. The van der Waals surface area contributed by atoms with E-state index in [1.165, 1.54) is 38.5 Å². The molecule has 1 aromatic carbocycles. The third-order valence-corrected chi connectivity index (χ3v) is 10.3. The number of aliphatic hydroxyl groups is 8. The number of ether oxygens (including phenoxy) is 4. The Bertz CT molecular complexity index is 1340. The summed E-state index contributed by atoms with van der Waals surface area (Å²) in [4.78, 5) is 15.7. The second-order valence-corrected chi connectivity index (χ2v) is 14.4. The van der Waals surface area contributed by atoms with Crippen molar-refractivity contribution in [1.82, 2.24) is 10.3 Å². The molecule has 11 atom stereocenters. The lowest BCUT2D eigenvalue weighted by Crippen LogP contribution is -2.62. The predicted octanol–water partition coefficient (Wildman–Crippen LogP) is 1.28. The SMILES string of the molecule is CCC(O)CCCCCCCCCCCCC(=O)NCCc1c[nH]c2ccc(O[C@H]3OC(CO[C@H]4OC(CO)[C@@H](O)[C@H](O)C4O)[C@@H](O)[C@H](O)C3O)cc12. The van der Waals surface area contributed by atoms with E-state index in [0.717, 1.165) is 55.0 Å². The van der Waals surface area contributed by atoms with Crippen LogP contribution in [0.25, 0.3) is 10.9 Å². The number of hydrogen-bond acceptors (Lipinski definition) is 13. The topological polar surface area (TPSA) is 244 Å². The van der Waals surface area contributed by atoms with Gasteiger partial charge < -0.3 is 70.1 Å². The largest absolute Gasteiger partial charge is 0.462 e. The second kappa shape index (κ2) is 22.2. The molecule has 0 bridgehead atoms. The van der Waals surface area contributed by atoms with Crippen molar-refractivity contribution in [2.24, 2.45) is 0 Å². The predicted molar refractivity (Wildman–Crippen MR) is 194 cm³/mol. The monoisotopic (exact) mass is 754 g/mol. The molecule has 0 aliphatic carbocycles. The molecule has 2 aromatic rings. The maximum Gasteiger partial charge on any atom is 0.229 e. The molecular weight excluding hydrogens is 692 g/mol. The molecule has 302 valence electrons. The van der Waals surface area contributed by atoms with Gasteiger partial charge in [0, 0.05) is 30.1 Å². The van der Waals surface area contributed by atoms with Crippen LogP contribution in [-0.2, 0) is 25.4 Å². The lowest BCUT2D eigenvalue weighted by Gasteiger charge is -2.42. The molecule has 2 saturated heterocycles. The van der Waals surface area contributed by atoms with Crippen molar-refractivity contribution in [2.75, 3.05) is 19.8 Å². The number of rotatable bonds is 23. The molecule has 0 saturated carbocycles. The van der Waals surface area contributed by atoms with Gasteiger partial charge in [-0.15, -0.1) is 0 Å². The molecule has 10 N–H and O–H groups in total. The van der Waals surface area contributed by atoms with Crippen molar-refractivity contribution >= 4 is 16.8 Å².